The standard InChI is InChI=1S/C28H48O4/c1-8-21-25-22(28(7)13-11-20(29)15-19(28)16-23(25)30)12-14-27(21,6)18(3)17(2)9-10-24(31)26(4,5)32/h17-19,21-22,24-25,31-32H,8-16H2,1-7H3/t17-,18-,19+,21+,22+,24?,25+,27-,28+/m1/s1. The number of hydrogen-bond donors (Lipinski definition) is 2. The second kappa shape index (κ2) is 9.13. The maximum Gasteiger partial charge on any atom is 0.136 e. The summed E-state index contributed by atoms with van der Waals surface area (Å²) in [5, 5.41) is 20.4. The monoisotopic (exact) mass is 448 g/mol. The van der Waals surface area contributed by atoms with Crippen molar-refractivity contribution in [2.24, 2.45) is 46.3 Å². The molecule has 0 aromatic carbocycles. The molecule has 0 aromatic rings. The van der Waals surface area contributed by atoms with Crippen LogP contribution in [0.3, 0.4) is 0 Å². The SMILES string of the molecule is CC[C@H]1[C@@H]2C(=O)C[C@@H]3CC(=O)CC[C@]3(C)[C@H]2CC[C@]1(C)[C@H](C)[C@H](C)CCC(O)C(C)(C)O. The summed E-state index contributed by atoms with van der Waals surface area (Å²) in [4.78, 5) is 25.7. The van der Waals surface area contributed by atoms with Gasteiger partial charge in [0.2, 0.25) is 0 Å². The van der Waals surface area contributed by atoms with Gasteiger partial charge in [-0.2, -0.15) is 0 Å². The first-order valence-electron chi connectivity index (χ1n) is 13.2. The maximum absolute atomic E-state index is 13.5. The van der Waals surface area contributed by atoms with Crippen molar-refractivity contribution in [1.82, 2.24) is 0 Å². The summed E-state index contributed by atoms with van der Waals surface area (Å²) < 4.78 is 0. The number of fused-ring (bicyclic) bond motifs is 3. The highest BCUT2D eigenvalue weighted by Crippen LogP contribution is 2.64. The van der Waals surface area contributed by atoms with E-state index in [0.29, 0.717) is 60.9 Å². The zero-order chi connectivity index (χ0) is 24.1. The van der Waals surface area contributed by atoms with E-state index in [0.717, 1.165) is 32.1 Å². The number of carbonyl (C=O) groups is 2. The van der Waals surface area contributed by atoms with Crippen LogP contribution in [0.15, 0.2) is 0 Å². The quantitative estimate of drug-likeness (QED) is 0.533. The molecule has 0 amide bonds. The first kappa shape index (κ1) is 25.9. The van der Waals surface area contributed by atoms with Crippen molar-refractivity contribution in [3.05, 3.63) is 0 Å². The molecule has 184 valence electrons. The molecule has 0 heterocycles. The molecule has 3 fully saturated rings. The van der Waals surface area contributed by atoms with Gasteiger partial charge in [0.15, 0.2) is 0 Å². The molecule has 1 unspecified atom stereocenters. The number of ketones is 2. The van der Waals surface area contributed by atoms with Crippen molar-refractivity contribution in [3.63, 3.8) is 0 Å². The lowest BCUT2D eigenvalue weighted by molar-refractivity contribution is -0.164. The van der Waals surface area contributed by atoms with Crippen LogP contribution in [0.1, 0.15) is 106 Å². The van der Waals surface area contributed by atoms with Crippen molar-refractivity contribution in [2.75, 3.05) is 0 Å². The molecule has 3 saturated carbocycles. The molecular weight excluding hydrogens is 400 g/mol. The van der Waals surface area contributed by atoms with Gasteiger partial charge in [0, 0.05) is 25.2 Å². The van der Waals surface area contributed by atoms with Gasteiger partial charge < -0.3 is 10.2 Å². The van der Waals surface area contributed by atoms with Gasteiger partial charge in [-0.1, -0.05) is 41.0 Å². The van der Waals surface area contributed by atoms with Crippen LogP contribution in [0, 0.1) is 46.3 Å². The molecule has 0 aliphatic heterocycles. The summed E-state index contributed by atoms with van der Waals surface area (Å²) >= 11 is 0. The van der Waals surface area contributed by atoms with E-state index < -0.39 is 11.7 Å². The smallest absolute Gasteiger partial charge is 0.136 e. The normalized spacial score (nSPS) is 40.9. The molecule has 0 radical (unpaired) electrons. The third kappa shape index (κ3) is 4.48. The predicted octanol–water partition coefficient (Wildman–Crippen LogP) is 5.58. The lowest BCUT2D eigenvalue weighted by atomic mass is 9.42. The first-order valence-corrected chi connectivity index (χ1v) is 13.2. The van der Waals surface area contributed by atoms with E-state index in [1.807, 2.05) is 0 Å². The van der Waals surface area contributed by atoms with Crippen LogP contribution >= 0.6 is 0 Å². The average molecular weight is 449 g/mol. The van der Waals surface area contributed by atoms with Crippen LogP contribution < -0.4 is 0 Å². The van der Waals surface area contributed by atoms with E-state index in [-0.39, 0.29) is 22.7 Å². The maximum atomic E-state index is 13.5. The summed E-state index contributed by atoms with van der Waals surface area (Å²) in [5.41, 5.74) is -0.843. The Hall–Kier alpha value is -0.740. The van der Waals surface area contributed by atoms with Crippen molar-refractivity contribution in [2.45, 2.75) is 118 Å². The zero-order valence-electron chi connectivity index (χ0n) is 21.6. The van der Waals surface area contributed by atoms with Crippen molar-refractivity contribution in [3.8, 4) is 0 Å². The molecular formula is C28H48O4. The molecule has 4 nitrogen and oxygen atoms in total. The Balaban J connectivity index is 1.80. The summed E-state index contributed by atoms with van der Waals surface area (Å²) in [6.45, 7) is 15.0. The number of hydrogen-bond acceptors (Lipinski definition) is 4. The van der Waals surface area contributed by atoms with Gasteiger partial charge in [0.25, 0.3) is 0 Å². The van der Waals surface area contributed by atoms with Gasteiger partial charge >= 0.3 is 0 Å². The van der Waals surface area contributed by atoms with Crippen LogP contribution in [-0.2, 0) is 9.59 Å². The van der Waals surface area contributed by atoms with Crippen LogP contribution in [-0.4, -0.2) is 33.5 Å². The minimum atomic E-state index is -1.07. The van der Waals surface area contributed by atoms with Gasteiger partial charge in [-0.15, -0.1) is 0 Å². The lowest BCUT2D eigenvalue weighted by Crippen LogP contribution is -2.58. The molecule has 3 aliphatic rings. The van der Waals surface area contributed by atoms with Gasteiger partial charge in [0.05, 0.1) is 11.7 Å². The number of aliphatic hydroxyl groups excluding tert-OH is 1. The minimum Gasteiger partial charge on any atom is -0.390 e. The first-order chi connectivity index (χ1) is 14.8. The molecule has 0 spiro atoms. The van der Waals surface area contributed by atoms with Crippen LogP contribution in [0.5, 0.6) is 0 Å². The number of carbonyl (C=O) groups excluding carboxylic acids is 2. The van der Waals surface area contributed by atoms with Gasteiger partial charge in [-0.25, -0.2) is 0 Å². The van der Waals surface area contributed by atoms with Crippen molar-refractivity contribution in [1.29, 1.82) is 0 Å². The van der Waals surface area contributed by atoms with E-state index >= 15 is 0 Å². The topological polar surface area (TPSA) is 74.6 Å². The second-order valence-corrected chi connectivity index (χ2v) is 12.8. The van der Waals surface area contributed by atoms with Gasteiger partial charge in [-0.3, -0.25) is 9.59 Å². The van der Waals surface area contributed by atoms with Crippen LogP contribution in [0.25, 0.3) is 0 Å². The van der Waals surface area contributed by atoms with Crippen LogP contribution in [0.2, 0.25) is 0 Å². The van der Waals surface area contributed by atoms with Gasteiger partial charge in [-0.05, 0) is 86.4 Å². The number of rotatable bonds is 7. The zero-order valence-corrected chi connectivity index (χ0v) is 21.6. The predicted molar refractivity (Wildman–Crippen MR) is 128 cm³/mol. The molecule has 3 rings (SSSR count). The Kier molecular flexibility index (Phi) is 7.38. The van der Waals surface area contributed by atoms with Crippen LogP contribution in [0.4, 0.5) is 0 Å². The summed E-state index contributed by atoms with van der Waals surface area (Å²) in [6.07, 6.45) is 6.86. The minimum absolute atomic E-state index is 0.0956. The fraction of sp³-hybridized carbons (Fsp3) is 0.929. The fourth-order valence-corrected chi connectivity index (χ4v) is 8.07. The van der Waals surface area contributed by atoms with Crippen molar-refractivity contribution >= 4 is 11.6 Å². The molecule has 4 heteroatoms. The third-order valence-electron chi connectivity index (χ3n) is 10.8. The average Bonchev–Trinajstić information content (AvgIpc) is 2.71. The Labute approximate surface area is 195 Å². The molecule has 2 N–H and O–H groups in total. The van der Waals surface area contributed by atoms with E-state index in [2.05, 4.69) is 34.6 Å². The third-order valence-corrected chi connectivity index (χ3v) is 10.8. The van der Waals surface area contributed by atoms with E-state index in [4.69, 9.17) is 0 Å². The molecule has 3 aliphatic carbocycles. The van der Waals surface area contributed by atoms with Crippen molar-refractivity contribution < 1.29 is 19.8 Å². The Morgan fingerprint density at radius 1 is 1.09 bits per heavy atom. The highest BCUT2D eigenvalue weighted by Gasteiger charge is 2.60. The van der Waals surface area contributed by atoms with E-state index in [1.54, 1.807) is 13.8 Å². The highest BCUT2D eigenvalue weighted by atomic mass is 16.3. The molecule has 32 heavy (non-hydrogen) atoms. The number of Topliss-reactive ketones (excluding diaryl/α,β-unsaturated/α-hetero) is 2. The Bertz CT molecular complexity index is 709. The van der Waals surface area contributed by atoms with Gasteiger partial charge in [0.1, 0.15) is 11.6 Å². The Morgan fingerprint density at radius 3 is 2.34 bits per heavy atom. The summed E-state index contributed by atoms with van der Waals surface area (Å²) in [5.74, 6) is 2.79. The molecule has 0 bridgehead atoms. The lowest BCUT2D eigenvalue weighted by Gasteiger charge is -2.61. The number of aliphatic hydroxyl groups is 2. The summed E-state index contributed by atoms with van der Waals surface area (Å²) in [7, 11) is 0. The molecule has 0 aromatic heterocycles. The summed E-state index contributed by atoms with van der Waals surface area (Å²) in [6, 6.07) is 0. The largest absolute Gasteiger partial charge is 0.390 e. The molecule has 9 atom stereocenters. The fourth-order valence-electron chi connectivity index (χ4n) is 8.07. The second-order valence-electron chi connectivity index (χ2n) is 12.8. The van der Waals surface area contributed by atoms with E-state index in [1.165, 1.54) is 0 Å². The molecule has 0 saturated heterocycles. The Morgan fingerprint density at radius 2 is 1.75 bits per heavy atom. The highest BCUT2D eigenvalue weighted by molar-refractivity contribution is 5.86. The van der Waals surface area contributed by atoms with E-state index in [9.17, 15) is 19.8 Å².